The molecule has 4 nitrogen and oxygen atoms in total. The quantitative estimate of drug-likeness (QED) is 0.172. The van der Waals surface area contributed by atoms with Crippen LogP contribution in [0.4, 0.5) is 0 Å². The van der Waals surface area contributed by atoms with Crippen molar-refractivity contribution < 1.29 is 0 Å². The molecule has 8 aromatic carbocycles. The Morgan fingerprint density at radius 2 is 0.732 bits per heavy atom. The van der Waals surface area contributed by atoms with Gasteiger partial charge in [0, 0.05) is 49.6 Å². The highest BCUT2D eigenvalue weighted by Crippen LogP contribution is 2.41. The summed E-state index contributed by atoms with van der Waals surface area (Å²) in [5.41, 5.74) is 14.2. The molecular formula is C52H34N4. The first kappa shape index (κ1) is 31.9. The molecular weight excluding hydrogens is 681 g/mol. The van der Waals surface area contributed by atoms with Gasteiger partial charge in [-0.05, 0) is 71.8 Å². The smallest absolute Gasteiger partial charge is 0.160 e. The molecule has 4 heteroatoms. The molecule has 262 valence electrons. The minimum absolute atomic E-state index is 0.709. The maximum atomic E-state index is 5.10. The molecule has 3 heterocycles. The molecule has 0 fully saturated rings. The summed E-state index contributed by atoms with van der Waals surface area (Å²) in [5, 5.41) is 4.93. The van der Waals surface area contributed by atoms with Crippen LogP contribution in [0.5, 0.6) is 0 Å². The van der Waals surface area contributed by atoms with E-state index in [-0.39, 0.29) is 0 Å². The van der Waals surface area contributed by atoms with Crippen molar-refractivity contribution in [2.75, 3.05) is 0 Å². The number of aromatic nitrogens is 4. The van der Waals surface area contributed by atoms with E-state index in [1.807, 2.05) is 24.3 Å². The minimum Gasteiger partial charge on any atom is -0.309 e. The average Bonchev–Trinajstić information content (AvgIpc) is 3.78. The zero-order valence-electron chi connectivity index (χ0n) is 30.4. The monoisotopic (exact) mass is 714 g/mol. The standard InChI is InChI=1S/C52H34N4/c1-5-15-35(16-6-1)39-27-30-49-43(31-39)45-32-44-42-23-13-14-24-48(42)55(40-21-11-4-12-22-40)50(44)34-51(45)56(49)41-28-25-37(26-29-41)47-33-46(36-17-7-2-8-18-36)53-52(54-47)38-19-9-3-10-20-38/h1-34H. The number of nitrogens with zero attached hydrogens (tertiary/aromatic N) is 4. The lowest BCUT2D eigenvalue weighted by Crippen LogP contribution is -1.97. The first-order valence-corrected chi connectivity index (χ1v) is 19.0. The summed E-state index contributed by atoms with van der Waals surface area (Å²) in [4.78, 5) is 10.1. The molecule has 0 unspecified atom stereocenters. The molecule has 11 rings (SSSR count). The fraction of sp³-hybridized carbons (Fsp3) is 0. The van der Waals surface area contributed by atoms with Crippen molar-refractivity contribution in [3.05, 3.63) is 206 Å². The molecule has 0 amide bonds. The number of hydrogen-bond acceptors (Lipinski definition) is 2. The van der Waals surface area contributed by atoms with Crippen LogP contribution in [0.3, 0.4) is 0 Å². The van der Waals surface area contributed by atoms with Crippen molar-refractivity contribution in [1.82, 2.24) is 19.1 Å². The van der Waals surface area contributed by atoms with Gasteiger partial charge in [-0.25, -0.2) is 9.97 Å². The third kappa shape index (κ3) is 5.31. The Hall–Kier alpha value is -7.56. The SMILES string of the molecule is c1ccc(-c2ccc3c(c2)c2cc4c5ccccc5n(-c5ccccc5)c4cc2n3-c2ccc(-c3cc(-c4ccccc4)nc(-c4ccccc4)n3)cc2)cc1. The van der Waals surface area contributed by atoms with Crippen LogP contribution in [0.15, 0.2) is 206 Å². The average molecular weight is 715 g/mol. The largest absolute Gasteiger partial charge is 0.309 e. The minimum atomic E-state index is 0.709. The third-order valence-electron chi connectivity index (χ3n) is 10.9. The molecule has 0 aliphatic rings. The van der Waals surface area contributed by atoms with E-state index in [1.165, 1.54) is 43.7 Å². The molecule has 0 spiro atoms. The molecule has 3 aromatic heterocycles. The van der Waals surface area contributed by atoms with Gasteiger partial charge in [0.1, 0.15) is 0 Å². The second-order valence-corrected chi connectivity index (χ2v) is 14.2. The van der Waals surface area contributed by atoms with E-state index in [9.17, 15) is 0 Å². The zero-order chi connectivity index (χ0) is 37.0. The Morgan fingerprint density at radius 1 is 0.268 bits per heavy atom. The highest BCUT2D eigenvalue weighted by Gasteiger charge is 2.19. The van der Waals surface area contributed by atoms with Gasteiger partial charge in [-0.3, -0.25) is 0 Å². The molecule has 11 aromatic rings. The van der Waals surface area contributed by atoms with Gasteiger partial charge in [-0.15, -0.1) is 0 Å². The van der Waals surface area contributed by atoms with E-state index in [0.717, 1.165) is 50.5 Å². The number of fused-ring (bicyclic) bond motifs is 6. The second-order valence-electron chi connectivity index (χ2n) is 14.2. The summed E-state index contributed by atoms with van der Waals surface area (Å²) >= 11 is 0. The highest BCUT2D eigenvalue weighted by molar-refractivity contribution is 6.19. The molecule has 0 saturated carbocycles. The van der Waals surface area contributed by atoms with Crippen molar-refractivity contribution in [3.8, 4) is 56.4 Å². The van der Waals surface area contributed by atoms with E-state index in [4.69, 9.17) is 9.97 Å². The highest BCUT2D eigenvalue weighted by atomic mass is 15.0. The molecule has 0 N–H and O–H groups in total. The van der Waals surface area contributed by atoms with Crippen molar-refractivity contribution in [2.45, 2.75) is 0 Å². The van der Waals surface area contributed by atoms with Crippen molar-refractivity contribution in [3.63, 3.8) is 0 Å². The lowest BCUT2D eigenvalue weighted by molar-refractivity contribution is 1.16. The maximum Gasteiger partial charge on any atom is 0.160 e. The lowest BCUT2D eigenvalue weighted by atomic mass is 10.0. The van der Waals surface area contributed by atoms with E-state index in [2.05, 4.69) is 191 Å². The van der Waals surface area contributed by atoms with Gasteiger partial charge in [-0.1, -0.05) is 146 Å². The normalized spacial score (nSPS) is 11.6. The van der Waals surface area contributed by atoms with E-state index in [1.54, 1.807) is 0 Å². The summed E-state index contributed by atoms with van der Waals surface area (Å²) < 4.78 is 4.81. The maximum absolute atomic E-state index is 5.10. The fourth-order valence-electron chi connectivity index (χ4n) is 8.27. The third-order valence-corrected chi connectivity index (χ3v) is 10.9. The van der Waals surface area contributed by atoms with Crippen LogP contribution in [0, 0.1) is 0 Å². The van der Waals surface area contributed by atoms with Gasteiger partial charge < -0.3 is 9.13 Å². The molecule has 0 radical (unpaired) electrons. The Kier molecular flexibility index (Phi) is 7.46. The fourth-order valence-corrected chi connectivity index (χ4v) is 8.27. The van der Waals surface area contributed by atoms with Crippen LogP contribution in [0.2, 0.25) is 0 Å². The summed E-state index contributed by atoms with van der Waals surface area (Å²) in [6, 6.07) is 73.3. The van der Waals surface area contributed by atoms with E-state index < -0.39 is 0 Å². The summed E-state index contributed by atoms with van der Waals surface area (Å²) in [6.07, 6.45) is 0. The Bertz CT molecular complexity index is 3140. The van der Waals surface area contributed by atoms with Crippen molar-refractivity contribution in [2.24, 2.45) is 0 Å². The van der Waals surface area contributed by atoms with E-state index >= 15 is 0 Å². The van der Waals surface area contributed by atoms with Crippen LogP contribution in [0.25, 0.3) is 100 Å². The first-order valence-electron chi connectivity index (χ1n) is 19.0. The predicted molar refractivity (Wildman–Crippen MR) is 232 cm³/mol. The van der Waals surface area contributed by atoms with Gasteiger partial charge in [-0.2, -0.15) is 0 Å². The summed E-state index contributed by atoms with van der Waals surface area (Å²) in [7, 11) is 0. The molecule has 56 heavy (non-hydrogen) atoms. The number of rotatable bonds is 6. The van der Waals surface area contributed by atoms with Gasteiger partial charge >= 0.3 is 0 Å². The first-order chi connectivity index (χ1) is 27.8. The van der Waals surface area contributed by atoms with Crippen LogP contribution in [0.1, 0.15) is 0 Å². The molecule has 0 atom stereocenters. The summed E-state index contributed by atoms with van der Waals surface area (Å²) in [6.45, 7) is 0. The number of para-hydroxylation sites is 2. The van der Waals surface area contributed by atoms with Gasteiger partial charge in [0.2, 0.25) is 0 Å². The van der Waals surface area contributed by atoms with Crippen molar-refractivity contribution >= 4 is 43.6 Å². The molecule has 0 aliphatic heterocycles. The van der Waals surface area contributed by atoms with Crippen LogP contribution in [-0.4, -0.2) is 19.1 Å². The predicted octanol–water partition coefficient (Wildman–Crippen LogP) is 13.3. The van der Waals surface area contributed by atoms with Crippen LogP contribution >= 0.6 is 0 Å². The molecule has 0 saturated heterocycles. The second kappa shape index (κ2) is 13.1. The zero-order valence-corrected chi connectivity index (χ0v) is 30.4. The van der Waals surface area contributed by atoms with Crippen molar-refractivity contribution in [1.29, 1.82) is 0 Å². The Balaban J connectivity index is 1.13. The molecule has 0 aliphatic carbocycles. The summed E-state index contributed by atoms with van der Waals surface area (Å²) in [5.74, 6) is 0.709. The van der Waals surface area contributed by atoms with Gasteiger partial charge in [0.25, 0.3) is 0 Å². The van der Waals surface area contributed by atoms with E-state index in [0.29, 0.717) is 5.82 Å². The number of hydrogen-bond donors (Lipinski definition) is 0. The Labute approximate surface area is 324 Å². The molecule has 0 bridgehead atoms. The van der Waals surface area contributed by atoms with Crippen LogP contribution < -0.4 is 0 Å². The van der Waals surface area contributed by atoms with Gasteiger partial charge in [0.15, 0.2) is 5.82 Å². The lowest BCUT2D eigenvalue weighted by Gasteiger charge is -2.12. The number of benzene rings is 8. The Morgan fingerprint density at radius 3 is 1.39 bits per heavy atom. The topological polar surface area (TPSA) is 35.6 Å². The van der Waals surface area contributed by atoms with Crippen LogP contribution in [-0.2, 0) is 0 Å². The van der Waals surface area contributed by atoms with Gasteiger partial charge in [0.05, 0.1) is 33.5 Å².